The lowest BCUT2D eigenvalue weighted by atomic mass is 9.97. The van der Waals surface area contributed by atoms with Gasteiger partial charge >= 0.3 is 0 Å². The van der Waals surface area contributed by atoms with Crippen molar-refractivity contribution in [2.24, 2.45) is 0 Å². The summed E-state index contributed by atoms with van der Waals surface area (Å²) in [5, 5.41) is 3.87. The molecule has 0 bridgehead atoms. The van der Waals surface area contributed by atoms with Crippen molar-refractivity contribution in [3.8, 4) is 0 Å². The normalized spacial score (nSPS) is 11.3. The van der Waals surface area contributed by atoms with E-state index in [-0.39, 0.29) is 6.04 Å². The van der Waals surface area contributed by atoms with Gasteiger partial charge in [0.2, 0.25) is 0 Å². The Kier molecular flexibility index (Phi) is 16.9. The summed E-state index contributed by atoms with van der Waals surface area (Å²) in [6.07, 6.45) is 22.6. The lowest BCUT2D eigenvalue weighted by Crippen LogP contribution is -2.24. The van der Waals surface area contributed by atoms with Gasteiger partial charge in [-0.2, -0.15) is 0 Å². The van der Waals surface area contributed by atoms with Gasteiger partial charge in [-0.25, -0.2) is 0 Å². The summed E-state index contributed by atoms with van der Waals surface area (Å²) in [5.74, 6) is 0. The number of nitrogens with one attached hydrogen (secondary N) is 1. The van der Waals surface area contributed by atoms with Gasteiger partial charge in [0.05, 0.1) is 6.04 Å². The van der Waals surface area contributed by atoms with Crippen molar-refractivity contribution in [2.75, 3.05) is 44.5 Å². The van der Waals surface area contributed by atoms with E-state index in [4.69, 9.17) is 0 Å². The quantitative estimate of drug-likeness (QED) is 0.156. The van der Waals surface area contributed by atoms with Crippen LogP contribution < -0.4 is 15.1 Å². The van der Waals surface area contributed by atoms with Gasteiger partial charge < -0.3 is 15.1 Å². The minimum Gasteiger partial charge on any atom is -0.378 e. The summed E-state index contributed by atoms with van der Waals surface area (Å²) in [4.78, 5) is 4.32. The maximum absolute atomic E-state index is 3.87. The highest BCUT2D eigenvalue weighted by molar-refractivity contribution is 5.50. The maximum Gasteiger partial charge on any atom is 0.0576 e. The Bertz CT molecular complexity index is 759. The Morgan fingerprint density at radius 1 is 0.474 bits per heavy atom. The predicted molar refractivity (Wildman–Crippen MR) is 171 cm³/mol. The molecule has 0 spiro atoms. The van der Waals surface area contributed by atoms with Crippen molar-refractivity contribution in [3.63, 3.8) is 0 Å². The summed E-state index contributed by atoms with van der Waals surface area (Å²) < 4.78 is 0. The van der Waals surface area contributed by atoms with Gasteiger partial charge in [0.1, 0.15) is 0 Å². The molecule has 3 heteroatoms. The standard InChI is InChI=1S/C35H59N3/c1-6-7-8-9-10-11-12-13-14-15-16-17-18-19-20-21-30-36-35(31-22-26-33(27-23-31)37(2)3)32-24-28-34(29-25-32)38(4)5/h22-29,35-36H,6-21,30H2,1-5H3. The first-order valence-corrected chi connectivity index (χ1v) is 15.8. The van der Waals surface area contributed by atoms with E-state index in [1.165, 1.54) is 125 Å². The molecule has 0 aliphatic heterocycles. The fourth-order valence-corrected chi connectivity index (χ4v) is 5.28. The first-order valence-electron chi connectivity index (χ1n) is 15.8. The number of nitrogens with zero attached hydrogens (tertiary/aromatic N) is 2. The molecule has 2 aromatic rings. The van der Waals surface area contributed by atoms with E-state index in [1.807, 2.05) is 0 Å². The van der Waals surface area contributed by atoms with Crippen LogP contribution in [0.2, 0.25) is 0 Å². The molecule has 1 N–H and O–H groups in total. The zero-order valence-electron chi connectivity index (χ0n) is 25.6. The van der Waals surface area contributed by atoms with E-state index in [0.717, 1.165) is 6.54 Å². The first-order chi connectivity index (χ1) is 18.5. The molecule has 0 heterocycles. The molecule has 0 fully saturated rings. The molecule has 3 nitrogen and oxygen atoms in total. The average Bonchev–Trinajstić information content (AvgIpc) is 2.92. The summed E-state index contributed by atoms with van der Waals surface area (Å²) >= 11 is 0. The van der Waals surface area contributed by atoms with Crippen LogP contribution in [-0.2, 0) is 0 Å². The maximum atomic E-state index is 3.87. The monoisotopic (exact) mass is 521 g/mol. The lowest BCUT2D eigenvalue weighted by Gasteiger charge is -2.22. The highest BCUT2D eigenvalue weighted by Crippen LogP contribution is 2.26. The molecule has 0 unspecified atom stereocenters. The predicted octanol–water partition coefficient (Wildman–Crippen LogP) is 9.76. The van der Waals surface area contributed by atoms with E-state index >= 15 is 0 Å². The van der Waals surface area contributed by atoms with E-state index < -0.39 is 0 Å². The minimum absolute atomic E-state index is 0.235. The third-order valence-electron chi connectivity index (χ3n) is 7.86. The molecule has 38 heavy (non-hydrogen) atoms. The Morgan fingerprint density at radius 2 is 0.789 bits per heavy atom. The summed E-state index contributed by atoms with van der Waals surface area (Å²) in [5.41, 5.74) is 5.16. The van der Waals surface area contributed by atoms with Gasteiger partial charge in [-0.15, -0.1) is 0 Å². The Balaban J connectivity index is 1.62. The lowest BCUT2D eigenvalue weighted by molar-refractivity contribution is 0.518. The SMILES string of the molecule is CCCCCCCCCCCCCCCCCCNC(c1ccc(N(C)C)cc1)c1ccc(N(C)C)cc1. The number of hydrogen-bond acceptors (Lipinski definition) is 3. The van der Waals surface area contributed by atoms with Crippen molar-refractivity contribution in [3.05, 3.63) is 59.7 Å². The third kappa shape index (κ3) is 13.2. The van der Waals surface area contributed by atoms with Crippen LogP contribution in [0.4, 0.5) is 11.4 Å². The van der Waals surface area contributed by atoms with Gasteiger partial charge in [0.15, 0.2) is 0 Å². The van der Waals surface area contributed by atoms with Crippen molar-refractivity contribution < 1.29 is 0 Å². The number of unbranched alkanes of at least 4 members (excludes halogenated alkanes) is 15. The molecule has 0 saturated carbocycles. The second kappa shape index (κ2) is 20.0. The van der Waals surface area contributed by atoms with Gasteiger partial charge in [-0.3, -0.25) is 0 Å². The van der Waals surface area contributed by atoms with Crippen LogP contribution in [0.15, 0.2) is 48.5 Å². The molecule has 0 aromatic heterocycles. The van der Waals surface area contributed by atoms with Crippen molar-refractivity contribution >= 4 is 11.4 Å². The summed E-state index contributed by atoms with van der Waals surface area (Å²) in [6, 6.07) is 18.3. The smallest absolute Gasteiger partial charge is 0.0576 e. The number of hydrogen-bond donors (Lipinski definition) is 1. The van der Waals surface area contributed by atoms with E-state index in [1.54, 1.807) is 0 Å². The molecule has 2 rings (SSSR count). The summed E-state index contributed by atoms with van der Waals surface area (Å²) in [6.45, 7) is 3.36. The zero-order chi connectivity index (χ0) is 27.4. The van der Waals surface area contributed by atoms with Crippen molar-refractivity contribution in [1.29, 1.82) is 0 Å². The third-order valence-corrected chi connectivity index (χ3v) is 7.86. The van der Waals surface area contributed by atoms with E-state index in [0.29, 0.717) is 0 Å². The van der Waals surface area contributed by atoms with Crippen LogP contribution >= 0.6 is 0 Å². The van der Waals surface area contributed by atoms with Crippen LogP contribution in [-0.4, -0.2) is 34.7 Å². The Morgan fingerprint density at radius 3 is 1.11 bits per heavy atom. The molecule has 0 saturated heterocycles. The number of benzene rings is 2. The number of anilines is 2. The second-order valence-electron chi connectivity index (χ2n) is 11.7. The molecule has 214 valence electrons. The van der Waals surface area contributed by atoms with Crippen LogP contribution in [0.5, 0.6) is 0 Å². The molecule has 0 aliphatic rings. The van der Waals surface area contributed by atoms with Crippen LogP contribution in [0, 0.1) is 0 Å². The van der Waals surface area contributed by atoms with E-state index in [9.17, 15) is 0 Å². The second-order valence-corrected chi connectivity index (χ2v) is 11.7. The van der Waals surface area contributed by atoms with Gasteiger partial charge in [0.25, 0.3) is 0 Å². The molecule has 2 aromatic carbocycles. The molecule has 0 aliphatic carbocycles. The Labute approximate surface area is 236 Å². The zero-order valence-corrected chi connectivity index (χ0v) is 25.6. The molecule has 0 amide bonds. The molecular formula is C35H59N3. The molecule has 0 atom stereocenters. The van der Waals surface area contributed by atoms with Crippen LogP contribution in [0.25, 0.3) is 0 Å². The Hall–Kier alpha value is -2.00. The fraction of sp³-hybridized carbons (Fsp3) is 0.657. The van der Waals surface area contributed by atoms with Crippen LogP contribution in [0.1, 0.15) is 127 Å². The highest BCUT2D eigenvalue weighted by atomic mass is 15.1. The van der Waals surface area contributed by atoms with Crippen molar-refractivity contribution in [1.82, 2.24) is 5.32 Å². The first kappa shape index (κ1) is 32.2. The topological polar surface area (TPSA) is 18.5 Å². The van der Waals surface area contributed by atoms with Gasteiger partial charge in [-0.1, -0.05) is 128 Å². The van der Waals surface area contributed by atoms with Crippen LogP contribution in [0.3, 0.4) is 0 Å². The number of rotatable bonds is 22. The van der Waals surface area contributed by atoms with Gasteiger partial charge in [0, 0.05) is 39.6 Å². The average molecular weight is 522 g/mol. The van der Waals surface area contributed by atoms with E-state index in [2.05, 4.69) is 98.8 Å². The molecule has 0 radical (unpaired) electrons. The minimum atomic E-state index is 0.235. The molecular weight excluding hydrogens is 462 g/mol. The highest BCUT2D eigenvalue weighted by Gasteiger charge is 2.14. The largest absolute Gasteiger partial charge is 0.378 e. The van der Waals surface area contributed by atoms with Gasteiger partial charge in [-0.05, 0) is 48.4 Å². The van der Waals surface area contributed by atoms with Crippen molar-refractivity contribution in [2.45, 2.75) is 116 Å². The fourth-order valence-electron chi connectivity index (χ4n) is 5.28. The summed E-state index contributed by atoms with van der Waals surface area (Å²) in [7, 11) is 8.40.